The molecule has 4 saturated carbocycles. The van der Waals surface area contributed by atoms with E-state index >= 15 is 0 Å². The summed E-state index contributed by atoms with van der Waals surface area (Å²) in [5.41, 5.74) is -0.898. The van der Waals surface area contributed by atoms with Crippen molar-refractivity contribution in [2.75, 3.05) is 26.4 Å². The first kappa shape index (κ1) is 35.4. The van der Waals surface area contributed by atoms with Crippen LogP contribution in [0.25, 0.3) is 0 Å². The van der Waals surface area contributed by atoms with Crippen LogP contribution in [-0.4, -0.2) is 111 Å². The van der Waals surface area contributed by atoms with Gasteiger partial charge in [-0.05, 0) is 98.2 Å². The van der Waals surface area contributed by atoms with E-state index in [2.05, 4.69) is 27.7 Å². The lowest BCUT2D eigenvalue weighted by Gasteiger charge is -2.73. The zero-order valence-corrected chi connectivity index (χ0v) is 28.7. The molecule has 266 valence electrons. The Morgan fingerprint density at radius 1 is 0.761 bits per heavy atom. The highest BCUT2D eigenvalue weighted by molar-refractivity contribution is 5.19. The highest BCUT2D eigenvalue weighted by Gasteiger charge is 2.70. The average Bonchev–Trinajstić information content (AvgIpc) is 3.05. The Balaban J connectivity index is 1.21. The predicted octanol–water partition coefficient (Wildman–Crippen LogP) is 2.37. The van der Waals surface area contributed by atoms with Crippen LogP contribution >= 0.6 is 0 Å². The van der Waals surface area contributed by atoms with Crippen LogP contribution < -0.4 is 0 Å². The van der Waals surface area contributed by atoms with Crippen LogP contribution in [0.15, 0.2) is 0 Å². The van der Waals surface area contributed by atoms with Gasteiger partial charge in [0.25, 0.3) is 0 Å². The van der Waals surface area contributed by atoms with E-state index in [1.54, 1.807) is 0 Å². The maximum atomic E-state index is 12.2. The summed E-state index contributed by atoms with van der Waals surface area (Å²) >= 11 is 0. The highest BCUT2D eigenvalue weighted by Crippen LogP contribution is 2.75. The second kappa shape index (κ2) is 12.4. The van der Waals surface area contributed by atoms with Crippen molar-refractivity contribution in [3.8, 4) is 0 Å². The molecule has 2 heterocycles. The summed E-state index contributed by atoms with van der Waals surface area (Å²) in [4.78, 5) is 0. The summed E-state index contributed by atoms with van der Waals surface area (Å²) in [6.07, 6.45) is 1.82. The summed E-state index contributed by atoms with van der Waals surface area (Å²) in [6.45, 7) is 11.6. The molecule has 0 radical (unpaired) electrons. The minimum Gasteiger partial charge on any atom is -0.396 e. The molecule has 1 spiro atoms. The summed E-state index contributed by atoms with van der Waals surface area (Å²) in [7, 11) is 0. The van der Waals surface area contributed by atoms with E-state index in [1.165, 1.54) is 0 Å². The molecule has 6 fully saturated rings. The molecule has 6 rings (SSSR count). The highest BCUT2D eigenvalue weighted by atomic mass is 16.7. The molecule has 17 atom stereocenters. The second-order valence-electron chi connectivity index (χ2n) is 17.5. The van der Waals surface area contributed by atoms with E-state index in [-0.39, 0.29) is 58.7 Å². The summed E-state index contributed by atoms with van der Waals surface area (Å²) < 4.78 is 18.5. The smallest absolute Gasteiger partial charge is 0.186 e. The van der Waals surface area contributed by atoms with Gasteiger partial charge in [-0.3, -0.25) is 0 Å². The van der Waals surface area contributed by atoms with Gasteiger partial charge < -0.3 is 50.0 Å². The quantitative estimate of drug-likeness (QED) is 0.211. The Bertz CT molecular complexity index is 1080. The van der Waals surface area contributed by atoms with Crippen molar-refractivity contribution in [1.29, 1.82) is 0 Å². The number of hydrogen-bond donors (Lipinski definition) is 7. The number of aliphatic hydroxyl groups excluding tert-OH is 7. The summed E-state index contributed by atoms with van der Waals surface area (Å²) in [6, 6.07) is 0. The first-order valence-corrected chi connectivity index (χ1v) is 18.1. The molecule has 7 N–H and O–H groups in total. The van der Waals surface area contributed by atoms with Gasteiger partial charge in [-0.25, -0.2) is 0 Å². The second-order valence-corrected chi connectivity index (χ2v) is 17.5. The molecule has 6 aliphatic rings. The van der Waals surface area contributed by atoms with Crippen molar-refractivity contribution in [2.24, 2.45) is 50.7 Å². The van der Waals surface area contributed by atoms with Gasteiger partial charge in [0.15, 0.2) is 6.29 Å². The van der Waals surface area contributed by atoms with Crippen molar-refractivity contribution >= 4 is 0 Å². The fourth-order valence-electron chi connectivity index (χ4n) is 12.5. The van der Waals surface area contributed by atoms with Gasteiger partial charge in [0, 0.05) is 23.4 Å². The molecule has 10 nitrogen and oxygen atoms in total. The lowest BCUT2D eigenvalue weighted by molar-refractivity contribution is -0.336. The van der Waals surface area contributed by atoms with Crippen LogP contribution in [0, 0.1) is 50.7 Å². The Kier molecular flexibility index (Phi) is 9.57. The largest absolute Gasteiger partial charge is 0.396 e. The van der Waals surface area contributed by atoms with Crippen LogP contribution in [-0.2, 0) is 14.2 Å². The topological polar surface area (TPSA) is 169 Å². The maximum Gasteiger partial charge on any atom is 0.186 e. The average molecular weight is 655 g/mol. The zero-order chi connectivity index (χ0) is 33.4. The molecular formula is C36H62O10. The third-order valence-corrected chi connectivity index (χ3v) is 15.8. The minimum absolute atomic E-state index is 0.0224. The van der Waals surface area contributed by atoms with E-state index in [1.807, 2.05) is 6.92 Å². The Hall–Kier alpha value is -0.400. The van der Waals surface area contributed by atoms with Gasteiger partial charge in [-0.1, -0.05) is 34.6 Å². The number of rotatable bonds is 6. The van der Waals surface area contributed by atoms with E-state index in [0.717, 1.165) is 57.8 Å². The maximum absolute atomic E-state index is 12.2. The summed E-state index contributed by atoms with van der Waals surface area (Å²) in [5.74, 6) is 0.880. The molecule has 0 bridgehead atoms. The Labute approximate surface area is 274 Å². The fraction of sp³-hybridized carbons (Fsp3) is 1.00. The van der Waals surface area contributed by atoms with E-state index < -0.39 is 54.9 Å². The van der Waals surface area contributed by atoms with Gasteiger partial charge in [-0.15, -0.1) is 0 Å². The van der Waals surface area contributed by atoms with Gasteiger partial charge in [0.1, 0.15) is 24.4 Å². The normalized spacial score (nSPS) is 56.5. The molecule has 2 saturated heterocycles. The monoisotopic (exact) mass is 654 g/mol. The van der Waals surface area contributed by atoms with Gasteiger partial charge in [-0.2, -0.15) is 0 Å². The van der Waals surface area contributed by atoms with Gasteiger partial charge in [0.05, 0.1) is 38.1 Å². The zero-order valence-electron chi connectivity index (χ0n) is 28.7. The summed E-state index contributed by atoms with van der Waals surface area (Å²) in [5, 5.41) is 73.9. The fourth-order valence-corrected chi connectivity index (χ4v) is 12.5. The van der Waals surface area contributed by atoms with E-state index in [9.17, 15) is 35.7 Å². The van der Waals surface area contributed by atoms with Crippen molar-refractivity contribution < 1.29 is 50.0 Å². The Morgan fingerprint density at radius 2 is 1.50 bits per heavy atom. The van der Waals surface area contributed by atoms with Crippen LogP contribution in [0.3, 0.4) is 0 Å². The lowest BCUT2D eigenvalue weighted by Crippen LogP contribution is -2.69. The number of aliphatic hydroxyl groups is 7. The standard InChI is InChI=1S/C36H62O10/c1-20(16-37)22-8-13-36(19-44-22)15-14-34(4)21(30(36)43)6-7-25-32(2)11-10-26(33(3,18-39)24(32)9-12-35(25,34)5)46-31-29(42)28(41)27(40)23(17-38)45-31/h20-31,37-43H,6-19H2,1-5H3/t20-,21-,22-,23-,24?,25?,26+,27-,28+,29-,30-,31+,32+,33+,34-,35-,36-/m1/s1. The number of ether oxygens (including phenoxy) is 3. The minimum atomic E-state index is -1.51. The third-order valence-electron chi connectivity index (χ3n) is 15.8. The van der Waals surface area contributed by atoms with Gasteiger partial charge in [0.2, 0.25) is 0 Å². The third kappa shape index (κ3) is 5.02. The number of fused-ring (bicyclic) bond motifs is 5. The van der Waals surface area contributed by atoms with Crippen molar-refractivity contribution in [2.45, 2.75) is 148 Å². The van der Waals surface area contributed by atoms with Gasteiger partial charge >= 0.3 is 0 Å². The Morgan fingerprint density at radius 3 is 2.13 bits per heavy atom. The molecule has 0 aromatic rings. The molecule has 4 aliphatic carbocycles. The van der Waals surface area contributed by atoms with E-state index in [0.29, 0.717) is 18.9 Å². The van der Waals surface area contributed by atoms with Crippen molar-refractivity contribution in [1.82, 2.24) is 0 Å². The molecule has 2 unspecified atom stereocenters. The van der Waals surface area contributed by atoms with Crippen LogP contribution in [0.2, 0.25) is 0 Å². The molecule has 0 amide bonds. The number of hydrogen-bond acceptors (Lipinski definition) is 10. The SMILES string of the molecule is C[C@H](CO)[C@H]1CC[C@@]2(CC[C@]3(C)[C@H](CCC4[C@@]5(C)CC[C@H](O[C@@H]6O[C@H](CO)[C@@H](O)[C@H](O)[C@H]6O)[C@@](C)(CO)C5CC[C@]43C)[C@H]2O)CO1. The molecule has 0 aromatic carbocycles. The van der Waals surface area contributed by atoms with Crippen LogP contribution in [0.5, 0.6) is 0 Å². The first-order valence-electron chi connectivity index (χ1n) is 18.1. The molecular weight excluding hydrogens is 592 g/mol. The van der Waals surface area contributed by atoms with E-state index in [4.69, 9.17) is 14.2 Å². The van der Waals surface area contributed by atoms with Crippen LogP contribution in [0.4, 0.5) is 0 Å². The first-order chi connectivity index (χ1) is 21.7. The van der Waals surface area contributed by atoms with Crippen LogP contribution in [0.1, 0.15) is 98.8 Å². The van der Waals surface area contributed by atoms with Crippen molar-refractivity contribution in [3.05, 3.63) is 0 Å². The lowest BCUT2D eigenvalue weighted by atomic mass is 9.33. The predicted molar refractivity (Wildman–Crippen MR) is 169 cm³/mol. The molecule has 10 heteroatoms. The van der Waals surface area contributed by atoms with Crippen molar-refractivity contribution in [3.63, 3.8) is 0 Å². The molecule has 0 aromatic heterocycles. The molecule has 2 aliphatic heterocycles. The molecule has 46 heavy (non-hydrogen) atoms.